The monoisotopic (exact) mass is 316 g/mol. The maximum absolute atomic E-state index is 12.2. The Labute approximate surface area is 107 Å². The van der Waals surface area contributed by atoms with Crippen LogP contribution in [0.4, 0.5) is 0 Å². The highest BCUT2D eigenvalue weighted by Crippen LogP contribution is 2.28. The van der Waals surface area contributed by atoms with Crippen LogP contribution in [0.2, 0.25) is 0 Å². The quantitative estimate of drug-likeness (QED) is 0.867. The van der Waals surface area contributed by atoms with Gasteiger partial charge in [0.05, 0.1) is 13.3 Å². The molecule has 0 aliphatic rings. The lowest BCUT2D eigenvalue weighted by atomic mass is 10.3. The minimum Gasteiger partial charge on any atom is -0.495 e. The summed E-state index contributed by atoms with van der Waals surface area (Å²) in [6, 6.07) is 6.25. The average molecular weight is 317 g/mol. The molecule has 0 amide bonds. The third kappa shape index (κ3) is 2.20. The highest BCUT2D eigenvalue weighted by molar-refractivity contribution is 9.10. The molecule has 1 aromatic carbocycles. The van der Waals surface area contributed by atoms with E-state index < -0.39 is 10.0 Å². The summed E-state index contributed by atoms with van der Waals surface area (Å²) in [5, 5.41) is 3.72. The standard InChI is InChI=1S/C10H9BrN2O3S/c1-16-9-7-8(11)3-4-10(9)17(14,15)13-6-2-5-12-13/h2-7H,1H3. The van der Waals surface area contributed by atoms with E-state index in [-0.39, 0.29) is 10.6 Å². The molecule has 0 atom stereocenters. The van der Waals surface area contributed by atoms with Gasteiger partial charge in [0.1, 0.15) is 10.6 Å². The van der Waals surface area contributed by atoms with E-state index >= 15 is 0 Å². The maximum Gasteiger partial charge on any atom is 0.286 e. The Bertz CT molecular complexity index is 623. The topological polar surface area (TPSA) is 61.2 Å². The van der Waals surface area contributed by atoms with E-state index in [0.29, 0.717) is 0 Å². The zero-order valence-electron chi connectivity index (χ0n) is 8.87. The van der Waals surface area contributed by atoms with Gasteiger partial charge in [-0.25, -0.2) is 0 Å². The van der Waals surface area contributed by atoms with Crippen LogP contribution in [-0.4, -0.2) is 24.7 Å². The number of rotatable bonds is 3. The van der Waals surface area contributed by atoms with Gasteiger partial charge in [0.15, 0.2) is 0 Å². The van der Waals surface area contributed by atoms with Gasteiger partial charge in [-0.2, -0.15) is 17.6 Å². The Morgan fingerprint density at radius 1 is 1.41 bits per heavy atom. The van der Waals surface area contributed by atoms with Gasteiger partial charge in [-0.05, 0) is 24.3 Å². The molecular formula is C10H9BrN2O3S. The summed E-state index contributed by atoms with van der Waals surface area (Å²) < 4.78 is 31.1. The van der Waals surface area contributed by atoms with Crippen molar-refractivity contribution < 1.29 is 13.2 Å². The van der Waals surface area contributed by atoms with Crippen LogP contribution in [0, 0.1) is 0 Å². The molecule has 17 heavy (non-hydrogen) atoms. The molecule has 2 rings (SSSR count). The Kier molecular flexibility index (Phi) is 3.21. The van der Waals surface area contributed by atoms with Crippen molar-refractivity contribution >= 4 is 26.0 Å². The molecular weight excluding hydrogens is 308 g/mol. The molecule has 0 saturated heterocycles. The van der Waals surface area contributed by atoms with Crippen LogP contribution in [0.3, 0.4) is 0 Å². The molecule has 7 heteroatoms. The minimum atomic E-state index is -3.70. The summed E-state index contributed by atoms with van der Waals surface area (Å²) in [6.07, 6.45) is 2.78. The molecule has 1 heterocycles. The molecule has 0 fully saturated rings. The van der Waals surface area contributed by atoms with Crippen LogP contribution in [0.5, 0.6) is 5.75 Å². The first-order valence-electron chi connectivity index (χ1n) is 4.64. The van der Waals surface area contributed by atoms with Crippen molar-refractivity contribution in [2.45, 2.75) is 4.90 Å². The van der Waals surface area contributed by atoms with Crippen molar-refractivity contribution in [2.24, 2.45) is 0 Å². The first-order chi connectivity index (χ1) is 8.05. The van der Waals surface area contributed by atoms with Crippen LogP contribution in [-0.2, 0) is 10.0 Å². The van der Waals surface area contributed by atoms with Crippen molar-refractivity contribution in [1.82, 2.24) is 9.19 Å². The molecule has 0 aliphatic carbocycles. The van der Waals surface area contributed by atoms with E-state index in [1.165, 1.54) is 25.6 Å². The number of aromatic nitrogens is 2. The number of halogens is 1. The van der Waals surface area contributed by atoms with E-state index in [9.17, 15) is 8.42 Å². The smallest absolute Gasteiger partial charge is 0.286 e. The molecule has 0 spiro atoms. The van der Waals surface area contributed by atoms with Crippen LogP contribution >= 0.6 is 15.9 Å². The Morgan fingerprint density at radius 2 is 2.18 bits per heavy atom. The van der Waals surface area contributed by atoms with E-state index in [2.05, 4.69) is 21.0 Å². The highest BCUT2D eigenvalue weighted by atomic mass is 79.9. The third-order valence-electron chi connectivity index (χ3n) is 2.13. The highest BCUT2D eigenvalue weighted by Gasteiger charge is 2.21. The fourth-order valence-corrected chi connectivity index (χ4v) is 2.94. The normalized spacial score (nSPS) is 11.4. The van der Waals surface area contributed by atoms with Crippen LogP contribution in [0.15, 0.2) is 46.0 Å². The van der Waals surface area contributed by atoms with Crippen LogP contribution < -0.4 is 4.74 Å². The lowest BCUT2D eigenvalue weighted by Gasteiger charge is -2.09. The zero-order chi connectivity index (χ0) is 12.5. The summed E-state index contributed by atoms with van der Waals surface area (Å²) in [5.41, 5.74) is 0. The predicted molar refractivity (Wildman–Crippen MR) is 65.5 cm³/mol. The minimum absolute atomic E-state index is 0.0758. The molecule has 0 radical (unpaired) electrons. The van der Waals surface area contributed by atoms with Crippen LogP contribution in [0.1, 0.15) is 0 Å². The van der Waals surface area contributed by atoms with Gasteiger partial charge in [0, 0.05) is 10.7 Å². The second kappa shape index (κ2) is 4.50. The predicted octanol–water partition coefficient (Wildman–Crippen LogP) is 1.89. The van der Waals surface area contributed by atoms with Gasteiger partial charge >= 0.3 is 0 Å². The number of hydrogen-bond acceptors (Lipinski definition) is 4. The van der Waals surface area contributed by atoms with Gasteiger partial charge in [0.2, 0.25) is 0 Å². The lowest BCUT2D eigenvalue weighted by Crippen LogP contribution is -2.14. The van der Waals surface area contributed by atoms with Gasteiger partial charge in [-0.1, -0.05) is 15.9 Å². The Balaban J connectivity index is 2.62. The first kappa shape index (κ1) is 12.1. The summed E-state index contributed by atoms with van der Waals surface area (Å²) >= 11 is 3.26. The molecule has 0 saturated carbocycles. The van der Waals surface area contributed by atoms with E-state index in [0.717, 1.165) is 8.56 Å². The summed E-state index contributed by atoms with van der Waals surface area (Å²) in [4.78, 5) is 0.0758. The second-order valence-electron chi connectivity index (χ2n) is 3.18. The average Bonchev–Trinajstić information content (AvgIpc) is 2.82. The van der Waals surface area contributed by atoms with Crippen molar-refractivity contribution in [2.75, 3.05) is 7.11 Å². The number of methoxy groups -OCH3 is 1. The van der Waals surface area contributed by atoms with Crippen molar-refractivity contribution in [3.05, 3.63) is 41.1 Å². The number of hydrogen-bond donors (Lipinski definition) is 0. The van der Waals surface area contributed by atoms with Gasteiger partial charge in [-0.3, -0.25) is 0 Å². The zero-order valence-corrected chi connectivity index (χ0v) is 11.3. The van der Waals surface area contributed by atoms with Gasteiger partial charge in [-0.15, -0.1) is 0 Å². The number of benzene rings is 1. The fourth-order valence-electron chi connectivity index (χ4n) is 1.35. The first-order valence-corrected chi connectivity index (χ1v) is 6.88. The number of ether oxygens (including phenoxy) is 1. The second-order valence-corrected chi connectivity index (χ2v) is 5.86. The van der Waals surface area contributed by atoms with Crippen molar-refractivity contribution in [3.8, 4) is 5.75 Å². The fraction of sp³-hybridized carbons (Fsp3) is 0.100. The Hall–Kier alpha value is -1.34. The van der Waals surface area contributed by atoms with Gasteiger partial charge in [0.25, 0.3) is 10.0 Å². The summed E-state index contributed by atoms with van der Waals surface area (Å²) in [5.74, 6) is 0.273. The molecule has 1 aromatic heterocycles. The van der Waals surface area contributed by atoms with E-state index in [1.807, 2.05) is 0 Å². The maximum atomic E-state index is 12.2. The largest absolute Gasteiger partial charge is 0.495 e. The van der Waals surface area contributed by atoms with Gasteiger partial charge < -0.3 is 4.74 Å². The molecule has 5 nitrogen and oxygen atoms in total. The molecule has 2 aromatic rings. The Morgan fingerprint density at radius 3 is 2.76 bits per heavy atom. The molecule has 90 valence electrons. The SMILES string of the molecule is COc1cc(Br)ccc1S(=O)(=O)n1cccn1. The van der Waals surface area contributed by atoms with E-state index in [1.54, 1.807) is 18.2 Å². The van der Waals surface area contributed by atoms with Crippen molar-refractivity contribution in [3.63, 3.8) is 0 Å². The molecule has 0 unspecified atom stereocenters. The molecule has 0 aliphatic heterocycles. The third-order valence-corrected chi connectivity index (χ3v) is 4.22. The van der Waals surface area contributed by atoms with Crippen LogP contribution in [0.25, 0.3) is 0 Å². The molecule has 0 N–H and O–H groups in total. The summed E-state index contributed by atoms with van der Waals surface area (Å²) in [6.45, 7) is 0. The summed E-state index contributed by atoms with van der Waals surface area (Å²) in [7, 11) is -2.27. The van der Waals surface area contributed by atoms with E-state index in [4.69, 9.17) is 4.74 Å². The van der Waals surface area contributed by atoms with Crippen molar-refractivity contribution in [1.29, 1.82) is 0 Å². The lowest BCUT2D eigenvalue weighted by molar-refractivity contribution is 0.402. The molecule has 0 bridgehead atoms. The number of nitrogens with zero attached hydrogens (tertiary/aromatic N) is 2.